The van der Waals surface area contributed by atoms with E-state index in [9.17, 15) is 0 Å². The first-order chi connectivity index (χ1) is 6.74. The van der Waals surface area contributed by atoms with Crippen molar-refractivity contribution in [1.29, 1.82) is 0 Å². The number of hydrogen-bond acceptors (Lipinski definition) is 4. The van der Waals surface area contributed by atoms with Crippen molar-refractivity contribution in [3.63, 3.8) is 0 Å². The van der Waals surface area contributed by atoms with Crippen molar-refractivity contribution in [2.45, 2.75) is 12.8 Å². The predicted molar refractivity (Wildman–Crippen MR) is 58.5 cm³/mol. The van der Waals surface area contributed by atoms with E-state index in [1.165, 1.54) is 0 Å². The molecular formula is C9H14ClN3O. The van der Waals surface area contributed by atoms with Gasteiger partial charge in [-0.25, -0.2) is 4.98 Å². The van der Waals surface area contributed by atoms with Gasteiger partial charge in [0.15, 0.2) is 0 Å². The van der Waals surface area contributed by atoms with E-state index in [2.05, 4.69) is 10.3 Å². The van der Waals surface area contributed by atoms with Gasteiger partial charge in [0.05, 0.1) is 16.9 Å². The van der Waals surface area contributed by atoms with Crippen molar-refractivity contribution < 1.29 is 5.11 Å². The number of nitrogens with one attached hydrogen (secondary N) is 1. The zero-order valence-corrected chi connectivity index (χ0v) is 8.59. The fourth-order valence-corrected chi connectivity index (χ4v) is 1.27. The maximum atomic E-state index is 8.57. The molecule has 0 unspecified atom stereocenters. The lowest BCUT2D eigenvalue weighted by atomic mass is 10.3. The number of anilines is 2. The molecule has 4 nitrogen and oxygen atoms in total. The molecule has 0 aromatic carbocycles. The summed E-state index contributed by atoms with van der Waals surface area (Å²) in [5.74, 6) is 0.638. The Morgan fingerprint density at radius 2 is 2.29 bits per heavy atom. The number of rotatable bonds is 5. The molecule has 14 heavy (non-hydrogen) atoms. The molecular weight excluding hydrogens is 202 g/mol. The lowest BCUT2D eigenvalue weighted by molar-refractivity contribution is 0.286. The number of pyridine rings is 1. The van der Waals surface area contributed by atoms with Crippen LogP contribution in [0.4, 0.5) is 11.5 Å². The van der Waals surface area contributed by atoms with Gasteiger partial charge in [-0.15, -0.1) is 0 Å². The Morgan fingerprint density at radius 3 is 2.93 bits per heavy atom. The minimum Gasteiger partial charge on any atom is -0.397 e. The first kappa shape index (κ1) is 11.1. The standard InChI is InChI=1S/C9H14ClN3O/c10-8-5-7(11)6-13-9(8)12-3-1-2-4-14/h5-6,14H,1-4,11H2,(H,12,13). The van der Waals surface area contributed by atoms with E-state index in [0.717, 1.165) is 19.4 Å². The highest BCUT2D eigenvalue weighted by molar-refractivity contribution is 6.33. The summed E-state index contributed by atoms with van der Waals surface area (Å²) in [5.41, 5.74) is 6.05. The Kier molecular flexibility index (Phi) is 4.49. The molecule has 78 valence electrons. The van der Waals surface area contributed by atoms with Crippen molar-refractivity contribution in [2.24, 2.45) is 0 Å². The number of aromatic nitrogens is 1. The number of nitrogens with zero attached hydrogens (tertiary/aromatic N) is 1. The van der Waals surface area contributed by atoms with Gasteiger partial charge in [0.1, 0.15) is 5.82 Å². The third kappa shape index (κ3) is 3.40. The second kappa shape index (κ2) is 5.67. The Hall–Kier alpha value is -1.00. The van der Waals surface area contributed by atoms with Crippen molar-refractivity contribution >= 4 is 23.1 Å². The van der Waals surface area contributed by atoms with Gasteiger partial charge in [0.2, 0.25) is 0 Å². The Bertz CT molecular complexity index is 293. The molecule has 0 saturated carbocycles. The Labute approximate surface area is 88.1 Å². The van der Waals surface area contributed by atoms with Gasteiger partial charge >= 0.3 is 0 Å². The molecule has 0 amide bonds. The molecule has 4 N–H and O–H groups in total. The van der Waals surface area contributed by atoms with Crippen molar-refractivity contribution in [2.75, 3.05) is 24.2 Å². The quantitative estimate of drug-likeness (QED) is 0.651. The first-order valence-electron chi connectivity index (χ1n) is 4.50. The van der Waals surface area contributed by atoms with Gasteiger partial charge in [-0.05, 0) is 18.9 Å². The summed E-state index contributed by atoms with van der Waals surface area (Å²) < 4.78 is 0. The van der Waals surface area contributed by atoms with Crippen molar-refractivity contribution in [1.82, 2.24) is 4.98 Å². The molecule has 1 heterocycles. The average molecular weight is 216 g/mol. The number of halogens is 1. The van der Waals surface area contributed by atoms with Gasteiger partial charge in [-0.2, -0.15) is 0 Å². The van der Waals surface area contributed by atoms with Crippen molar-refractivity contribution in [3.8, 4) is 0 Å². The van der Waals surface area contributed by atoms with E-state index < -0.39 is 0 Å². The second-order valence-corrected chi connectivity index (χ2v) is 3.36. The maximum absolute atomic E-state index is 8.57. The second-order valence-electron chi connectivity index (χ2n) is 2.96. The molecule has 0 atom stereocenters. The van der Waals surface area contributed by atoms with E-state index in [4.69, 9.17) is 22.4 Å². The summed E-state index contributed by atoms with van der Waals surface area (Å²) in [4.78, 5) is 4.04. The molecule has 5 heteroatoms. The molecule has 0 bridgehead atoms. The summed E-state index contributed by atoms with van der Waals surface area (Å²) in [6, 6.07) is 1.66. The molecule has 0 aliphatic carbocycles. The van der Waals surface area contributed by atoms with Crippen LogP contribution in [0.1, 0.15) is 12.8 Å². The number of nitrogen functional groups attached to an aromatic ring is 1. The van der Waals surface area contributed by atoms with Gasteiger partial charge < -0.3 is 16.2 Å². The molecule has 1 rings (SSSR count). The molecule has 0 saturated heterocycles. The largest absolute Gasteiger partial charge is 0.397 e. The summed E-state index contributed by atoms with van der Waals surface area (Å²) in [7, 11) is 0. The van der Waals surface area contributed by atoms with Crippen LogP contribution in [0.2, 0.25) is 5.02 Å². The van der Waals surface area contributed by atoms with E-state index in [1.54, 1.807) is 12.3 Å². The van der Waals surface area contributed by atoms with Gasteiger partial charge in [0.25, 0.3) is 0 Å². The summed E-state index contributed by atoms with van der Waals surface area (Å²) >= 11 is 5.89. The minimum absolute atomic E-state index is 0.213. The van der Waals surface area contributed by atoms with Gasteiger partial charge in [-0.3, -0.25) is 0 Å². The van der Waals surface area contributed by atoms with E-state index in [1.807, 2.05) is 0 Å². The number of nitrogens with two attached hydrogens (primary N) is 1. The topological polar surface area (TPSA) is 71.2 Å². The Morgan fingerprint density at radius 1 is 1.50 bits per heavy atom. The zero-order valence-electron chi connectivity index (χ0n) is 7.83. The Balaban J connectivity index is 2.42. The summed E-state index contributed by atoms with van der Waals surface area (Å²) in [6.45, 7) is 0.960. The SMILES string of the molecule is Nc1cnc(NCCCCO)c(Cl)c1. The highest BCUT2D eigenvalue weighted by atomic mass is 35.5. The minimum atomic E-state index is 0.213. The van der Waals surface area contributed by atoms with Crippen molar-refractivity contribution in [3.05, 3.63) is 17.3 Å². The van der Waals surface area contributed by atoms with Crippen LogP contribution in [0, 0.1) is 0 Å². The fraction of sp³-hybridized carbons (Fsp3) is 0.444. The highest BCUT2D eigenvalue weighted by Crippen LogP contribution is 2.20. The molecule has 1 aromatic rings. The third-order valence-corrected chi connectivity index (χ3v) is 2.03. The molecule has 0 aliphatic rings. The molecule has 0 spiro atoms. The predicted octanol–water partition coefficient (Wildman–Crippen LogP) is 1.50. The van der Waals surface area contributed by atoms with Crippen LogP contribution in [0.15, 0.2) is 12.3 Å². The number of hydrogen-bond donors (Lipinski definition) is 3. The number of aliphatic hydroxyl groups is 1. The van der Waals surface area contributed by atoms with Crippen LogP contribution < -0.4 is 11.1 Å². The molecule has 0 fully saturated rings. The van der Waals surface area contributed by atoms with Crippen LogP contribution in [0.25, 0.3) is 0 Å². The zero-order chi connectivity index (χ0) is 10.4. The lowest BCUT2D eigenvalue weighted by Crippen LogP contribution is -2.04. The molecule has 0 radical (unpaired) electrons. The van der Waals surface area contributed by atoms with E-state index in [0.29, 0.717) is 16.5 Å². The fourth-order valence-electron chi connectivity index (χ4n) is 1.03. The first-order valence-corrected chi connectivity index (χ1v) is 4.87. The lowest BCUT2D eigenvalue weighted by Gasteiger charge is -2.06. The molecule has 0 aliphatic heterocycles. The van der Waals surface area contributed by atoms with Gasteiger partial charge in [-0.1, -0.05) is 11.6 Å². The smallest absolute Gasteiger partial charge is 0.144 e. The van der Waals surface area contributed by atoms with E-state index >= 15 is 0 Å². The maximum Gasteiger partial charge on any atom is 0.144 e. The number of aliphatic hydroxyl groups excluding tert-OH is 1. The van der Waals surface area contributed by atoms with Crippen LogP contribution in [-0.2, 0) is 0 Å². The molecule has 1 aromatic heterocycles. The monoisotopic (exact) mass is 215 g/mol. The van der Waals surface area contributed by atoms with Crippen LogP contribution >= 0.6 is 11.6 Å². The normalized spacial score (nSPS) is 10.1. The summed E-state index contributed by atoms with van der Waals surface area (Å²) in [5, 5.41) is 12.2. The van der Waals surface area contributed by atoms with Gasteiger partial charge in [0, 0.05) is 13.2 Å². The van der Waals surface area contributed by atoms with Crippen LogP contribution in [-0.4, -0.2) is 23.2 Å². The summed E-state index contributed by atoms with van der Waals surface area (Å²) in [6.07, 6.45) is 3.22. The average Bonchev–Trinajstić information content (AvgIpc) is 2.15. The van der Waals surface area contributed by atoms with Crippen LogP contribution in [0.3, 0.4) is 0 Å². The highest BCUT2D eigenvalue weighted by Gasteiger charge is 2.00. The van der Waals surface area contributed by atoms with Crippen LogP contribution in [0.5, 0.6) is 0 Å². The van der Waals surface area contributed by atoms with E-state index in [-0.39, 0.29) is 6.61 Å². The number of unbranched alkanes of at least 4 members (excludes halogenated alkanes) is 1. The third-order valence-electron chi connectivity index (χ3n) is 1.74.